The van der Waals surface area contributed by atoms with E-state index in [1.165, 1.54) is 161 Å². The van der Waals surface area contributed by atoms with Crippen LogP contribution in [0.1, 0.15) is 258 Å². The molecule has 0 spiro atoms. The molecule has 2 unspecified atom stereocenters. The lowest BCUT2D eigenvalue weighted by atomic mass is 10.0. The van der Waals surface area contributed by atoms with E-state index in [0.717, 1.165) is 64.2 Å². The van der Waals surface area contributed by atoms with Gasteiger partial charge >= 0.3 is 5.97 Å². The molecule has 6 heteroatoms. The molecule has 0 aliphatic carbocycles. The quantitative estimate of drug-likeness (QED) is 0.0324. The molecule has 6 nitrogen and oxygen atoms in total. The lowest BCUT2D eigenvalue weighted by Gasteiger charge is -2.22. The highest BCUT2D eigenvalue weighted by Gasteiger charge is 2.20. The van der Waals surface area contributed by atoms with Gasteiger partial charge in [-0.05, 0) is 77.0 Å². The molecular weight excluding hydrogens is 695 g/mol. The van der Waals surface area contributed by atoms with Crippen LogP contribution in [-0.2, 0) is 14.3 Å². The summed E-state index contributed by atoms with van der Waals surface area (Å²) in [6.45, 7) is 4.89. The average molecular weight is 790 g/mol. The molecule has 0 aliphatic rings. The number of aliphatic hydroxyl groups is 2. The first-order chi connectivity index (χ1) is 27.5. The minimum absolute atomic E-state index is 0.0127. The van der Waals surface area contributed by atoms with Gasteiger partial charge in [-0.15, -0.1) is 0 Å². The number of hydrogen-bond acceptors (Lipinski definition) is 5. The highest BCUT2D eigenvalue weighted by molar-refractivity contribution is 5.76. The second-order valence-corrected chi connectivity index (χ2v) is 16.8. The van der Waals surface area contributed by atoms with E-state index >= 15 is 0 Å². The van der Waals surface area contributed by atoms with Gasteiger partial charge in [-0.2, -0.15) is 0 Å². The maximum absolute atomic E-state index is 12.4. The van der Waals surface area contributed by atoms with Crippen molar-refractivity contribution in [1.82, 2.24) is 5.32 Å². The zero-order valence-corrected chi connectivity index (χ0v) is 37.4. The standard InChI is InChI=1S/C50H95NO5/c1-3-5-7-9-11-13-15-20-24-28-32-36-40-44-50(55)56-45-41-37-33-29-25-22-19-17-16-18-21-23-27-31-35-39-43-49(54)51-47(46-52)48(53)42-38-34-30-26-14-12-10-8-6-4-2/h13,15-16,18,47-48,52-53H,3-12,14,17,19-46H2,1-2H3,(H,51,54)/b15-13-,18-16-. The molecule has 0 bridgehead atoms. The lowest BCUT2D eigenvalue weighted by molar-refractivity contribution is -0.143. The monoisotopic (exact) mass is 790 g/mol. The summed E-state index contributed by atoms with van der Waals surface area (Å²) >= 11 is 0. The van der Waals surface area contributed by atoms with Crippen LogP contribution in [0.5, 0.6) is 0 Å². The largest absolute Gasteiger partial charge is 0.466 e. The van der Waals surface area contributed by atoms with Gasteiger partial charge in [-0.1, -0.05) is 192 Å². The van der Waals surface area contributed by atoms with Gasteiger partial charge in [0.05, 0.1) is 25.4 Å². The number of carbonyl (C=O) groups is 2. The fourth-order valence-electron chi connectivity index (χ4n) is 7.39. The minimum Gasteiger partial charge on any atom is -0.466 e. The van der Waals surface area contributed by atoms with Crippen molar-refractivity contribution in [3.63, 3.8) is 0 Å². The van der Waals surface area contributed by atoms with Gasteiger partial charge < -0.3 is 20.3 Å². The van der Waals surface area contributed by atoms with E-state index in [1.54, 1.807) is 0 Å². The summed E-state index contributed by atoms with van der Waals surface area (Å²) in [6.07, 6.45) is 52.9. The Hall–Kier alpha value is -1.66. The highest BCUT2D eigenvalue weighted by atomic mass is 16.5. The van der Waals surface area contributed by atoms with Crippen LogP contribution in [0.4, 0.5) is 0 Å². The molecular formula is C50H95NO5. The summed E-state index contributed by atoms with van der Waals surface area (Å²) in [7, 11) is 0. The number of ether oxygens (including phenoxy) is 1. The highest BCUT2D eigenvalue weighted by Crippen LogP contribution is 2.15. The molecule has 0 saturated carbocycles. The van der Waals surface area contributed by atoms with Crippen molar-refractivity contribution in [2.45, 2.75) is 270 Å². The van der Waals surface area contributed by atoms with Crippen LogP contribution in [0, 0.1) is 0 Å². The number of esters is 1. The summed E-state index contributed by atoms with van der Waals surface area (Å²) in [5.74, 6) is -0.0675. The van der Waals surface area contributed by atoms with Gasteiger partial charge in [0.2, 0.25) is 5.91 Å². The van der Waals surface area contributed by atoms with Gasteiger partial charge in [0.15, 0.2) is 0 Å². The lowest BCUT2D eigenvalue weighted by Crippen LogP contribution is -2.45. The van der Waals surface area contributed by atoms with E-state index in [9.17, 15) is 19.8 Å². The van der Waals surface area contributed by atoms with Crippen LogP contribution in [0.3, 0.4) is 0 Å². The molecule has 56 heavy (non-hydrogen) atoms. The summed E-state index contributed by atoms with van der Waals surface area (Å²) in [5.41, 5.74) is 0. The Balaban J connectivity index is 3.46. The van der Waals surface area contributed by atoms with Gasteiger partial charge in [-0.3, -0.25) is 9.59 Å². The molecule has 1 amide bonds. The summed E-state index contributed by atoms with van der Waals surface area (Å²) in [5, 5.41) is 23.1. The zero-order valence-electron chi connectivity index (χ0n) is 37.4. The van der Waals surface area contributed by atoms with E-state index in [4.69, 9.17) is 4.74 Å². The number of amides is 1. The van der Waals surface area contributed by atoms with Crippen LogP contribution in [0.15, 0.2) is 24.3 Å². The molecule has 0 fully saturated rings. The number of rotatable bonds is 45. The van der Waals surface area contributed by atoms with Crippen molar-refractivity contribution < 1.29 is 24.5 Å². The predicted octanol–water partition coefficient (Wildman–Crippen LogP) is 14.3. The van der Waals surface area contributed by atoms with Crippen molar-refractivity contribution in [2.75, 3.05) is 13.2 Å². The molecule has 0 aromatic carbocycles. The first-order valence-corrected chi connectivity index (χ1v) is 24.6. The number of carbonyl (C=O) groups excluding carboxylic acids is 2. The molecule has 0 aromatic rings. The Morgan fingerprint density at radius 1 is 0.482 bits per heavy atom. The van der Waals surface area contributed by atoms with E-state index in [2.05, 4.69) is 43.5 Å². The van der Waals surface area contributed by atoms with Crippen LogP contribution < -0.4 is 5.32 Å². The van der Waals surface area contributed by atoms with Gasteiger partial charge in [0.25, 0.3) is 0 Å². The molecule has 0 aliphatic heterocycles. The SMILES string of the molecule is CCCCCC/C=C\CCCCCCCC(=O)OCCCCCCCCC/C=C\CCCCCCCC(=O)NC(CO)C(O)CCCCCCCCCCCC. The van der Waals surface area contributed by atoms with Crippen molar-refractivity contribution in [3.05, 3.63) is 24.3 Å². The first kappa shape index (κ1) is 54.3. The van der Waals surface area contributed by atoms with Gasteiger partial charge in [-0.25, -0.2) is 0 Å². The van der Waals surface area contributed by atoms with Crippen LogP contribution in [0.25, 0.3) is 0 Å². The Labute approximate surface area is 348 Å². The summed E-state index contributed by atoms with van der Waals surface area (Å²) in [4.78, 5) is 24.4. The maximum atomic E-state index is 12.4. The van der Waals surface area contributed by atoms with E-state index in [0.29, 0.717) is 25.9 Å². The molecule has 2 atom stereocenters. The second kappa shape index (κ2) is 46.0. The molecule has 0 heterocycles. The van der Waals surface area contributed by atoms with Crippen LogP contribution in [0.2, 0.25) is 0 Å². The number of nitrogens with one attached hydrogen (secondary N) is 1. The molecule has 3 N–H and O–H groups in total. The number of allylic oxidation sites excluding steroid dienone is 4. The summed E-state index contributed by atoms with van der Waals surface area (Å²) in [6, 6.07) is -0.551. The predicted molar refractivity (Wildman–Crippen MR) is 241 cm³/mol. The average Bonchev–Trinajstić information content (AvgIpc) is 3.20. The van der Waals surface area contributed by atoms with Crippen molar-refractivity contribution >= 4 is 11.9 Å². The minimum atomic E-state index is -0.672. The molecule has 0 saturated heterocycles. The number of unbranched alkanes of at least 4 members (excludes halogenated alkanes) is 30. The Kier molecular flexibility index (Phi) is 44.7. The fourth-order valence-corrected chi connectivity index (χ4v) is 7.39. The molecule has 0 rings (SSSR count). The molecule has 330 valence electrons. The molecule has 0 radical (unpaired) electrons. The zero-order chi connectivity index (χ0) is 40.8. The topological polar surface area (TPSA) is 95.9 Å². The normalized spacial score (nSPS) is 12.9. The third-order valence-corrected chi connectivity index (χ3v) is 11.2. The van der Waals surface area contributed by atoms with Crippen molar-refractivity contribution in [1.29, 1.82) is 0 Å². The van der Waals surface area contributed by atoms with Gasteiger partial charge in [0.1, 0.15) is 0 Å². The Morgan fingerprint density at radius 2 is 0.839 bits per heavy atom. The second-order valence-electron chi connectivity index (χ2n) is 16.8. The number of aliphatic hydroxyl groups excluding tert-OH is 2. The Bertz CT molecular complexity index is 874. The molecule has 0 aromatic heterocycles. The smallest absolute Gasteiger partial charge is 0.305 e. The van der Waals surface area contributed by atoms with Crippen LogP contribution in [-0.4, -0.2) is 47.4 Å². The Morgan fingerprint density at radius 3 is 1.29 bits per heavy atom. The third kappa shape index (κ3) is 42.0. The van der Waals surface area contributed by atoms with Gasteiger partial charge in [0, 0.05) is 12.8 Å². The maximum Gasteiger partial charge on any atom is 0.305 e. The van der Waals surface area contributed by atoms with E-state index < -0.39 is 12.1 Å². The van der Waals surface area contributed by atoms with Crippen LogP contribution >= 0.6 is 0 Å². The van der Waals surface area contributed by atoms with Crippen molar-refractivity contribution in [2.24, 2.45) is 0 Å². The van der Waals surface area contributed by atoms with Crippen molar-refractivity contribution in [3.8, 4) is 0 Å². The fraction of sp³-hybridized carbons (Fsp3) is 0.880. The summed E-state index contributed by atoms with van der Waals surface area (Å²) < 4.78 is 5.44. The number of hydrogen-bond donors (Lipinski definition) is 3. The first-order valence-electron chi connectivity index (χ1n) is 24.6. The van der Waals surface area contributed by atoms with E-state index in [-0.39, 0.29) is 18.5 Å². The third-order valence-electron chi connectivity index (χ3n) is 11.2. The van der Waals surface area contributed by atoms with E-state index in [1.807, 2.05) is 0 Å².